The Morgan fingerprint density at radius 1 is 1.17 bits per heavy atom. The maximum Gasteiger partial charge on any atom is 0.348 e. The summed E-state index contributed by atoms with van der Waals surface area (Å²) in [6.45, 7) is 5.00. The molecule has 0 saturated carbocycles. The van der Waals surface area contributed by atoms with Crippen LogP contribution >= 0.6 is 0 Å². The predicted octanol–water partition coefficient (Wildman–Crippen LogP) is 2.71. The van der Waals surface area contributed by atoms with Crippen molar-refractivity contribution in [2.45, 2.75) is 31.6 Å². The second-order valence-corrected chi connectivity index (χ2v) is 8.26. The number of H-pyrrole nitrogens is 1. The highest BCUT2D eigenvalue weighted by molar-refractivity contribution is 5.89. The molecular weight excluding hydrogens is 366 g/mol. The monoisotopic (exact) mass is 393 g/mol. The number of likely N-dealkylation sites (tertiary alicyclic amines) is 1. The second kappa shape index (κ2) is 8.08. The first kappa shape index (κ1) is 18.5. The molecule has 2 saturated heterocycles. The molecule has 29 heavy (non-hydrogen) atoms. The van der Waals surface area contributed by atoms with Gasteiger partial charge in [-0.1, -0.05) is 12.1 Å². The van der Waals surface area contributed by atoms with Crippen molar-refractivity contribution in [3.8, 4) is 5.69 Å². The maximum atomic E-state index is 12.7. The summed E-state index contributed by atoms with van der Waals surface area (Å²) in [5.74, 6) is 1.80. The lowest BCUT2D eigenvalue weighted by Gasteiger charge is -2.35. The zero-order valence-corrected chi connectivity index (χ0v) is 16.6. The summed E-state index contributed by atoms with van der Waals surface area (Å²) in [7, 11) is 0. The van der Waals surface area contributed by atoms with E-state index in [-0.39, 0.29) is 11.6 Å². The Hall–Kier alpha value is -2.51. The molecule has 5 rings (SSSR count). The SMILES string of the molecule is O=c1[nH]c(C2CCCN(CC3CCOCC3)C2)nn1-c1cccc2cnccc12. The predicted molar refractivity (Wildman–Crippen MR) is 111 cm³/mol. The van der Waals surface area contributed by atoms with Gasteiger partial charge in [-0.25, -0.2) is 4.79 Å². The second-order valence-electron chi connectivity index (χ2n) is 8.26. The van der Waals surface area contributed by atoms with Crippen LogP contribution in [0.3, 0.4) is 0 Å². The van der Waals surface area contributed by atoms with Crippen LogP contribution in [0.1, 0.15) is 37.4 Å². The minimum atomic E-state index is -0.175. The third-order valence-corrected chi connectivity index (χ3v) is 6.27. The third-order valence-electron chi connectivity index (χ3n) is 6.27. The summed E-state index contributed by atoms with van der Waals surface area (Å²) < 4.78 is 7.00. The largest absolute Gasteiger partial charge is 0.381 e. The molecule has 1 unspecified atom stereocenters. The van der Waals surface area contributed by atoms with E-state index in [4.69, 9.17) is 9.84 Å². The highest BCUT2D eigenvalue weighted by atomic mass is 16.5. The van der Waals surface area contributed by atoms with Crippen molar-refractivity contribution in [2.24, 2.45) is 5.92 Å². The van der Waals surface area contributed by atoms with Gasteiger partial charge < -0.3 is 9.64 Å². The minimum Gasteiger partial charge on any atom is -0.381 e. The number of piperidine rings is 1. The van der Waals surface area contributed by atoms with Crippen molar-refractivity contribution in [1.82, 2.24) is 24.6 Å². The minimum absolute atomic E-state index is 0.175. The standard InChI is InChI=1S/C22H27N5O2/c28-22-24-21(18-4-2-10-26(15-18)14-16-7-11-29-12-8-16)25-27(22)20-5-1-3-17-13-23-9-6-19(17)20/h1,3,5-6,9,13,16,18H,2,4,7-8,10-12,14-15H2,(H,24,25,28). The summed E-state index contributed by atoms with van der Waals surface area (Å²) in [5, 5.41) is 6.70. The molecule has 1 atom stereocenters. The van der Waals surface area contributed by atoms with E-state index in [9.17, 15) is 4.79 Å². The number of benzene rings is 1. The summed E-state index contributed by atoms with van der Waals surface area (Å²) in [5.41, 5.74) is 0.623. The Balaban J connectivity index is 1.37. The van der Waals surface area contributed by atoms with Crippen LogP contribution in [-0.4, -0.2) is 57.5 Å². The average molecular weight is 393 g/mol. The van der Waals surface area contributed by atoms with Crippen molar-refractivity contribution in [3.63, 3.8) is 0 Å². The van der Waals surface area contributed by atoms with E-state index in [0.717, 1.165) is 86.7 Å². The van der Waals surface area contributed by atoms with Crippen LogP contribution in [0.15, 0.2) is 41.5 Å². The fraction of sp³-hybridized carbons (Fsp3) is 0.500. The molecule has 7 nitrogen and oxygen atoms in total. The first-order valence-electron chi connectivity index (χ1n) is 10.6. The van der Waals surface area contributed by atoms with E-state index in [1.807, 2.05) is 30.5 Å². The van der Waals surface area contributed by atoms with Gasteiger partial charge in [-0.3, -0.25) is 9.97 Å². The zero-order chi connectivity index (χ0) is 19.6. The van der Waals surface area contributed by atoms with Crippen LogP contribution < -0.4 is 5.69 Å². The summed E-state index contributed by atoms with van der Waals surface area (Å²) in [6, 6.07) is 7.81. The van der Waals surface area contributed by atoms with Gasteiger partial charge in [0.15, 0.2) is 0 Å². The van der Waals surface area contributed by atoms with Gasteiger partial charge in [-0.05, 0) is 50.3 Å². The van der Waals surface area contributed by atoms with Crippen molar-refractivity contribution < 1.29 is 4.74 Å². The number of ether oxygens (including phenoxy) is 1. The molecule has 4 heterocycles. The number of hydrogen-bond acceptors (Lipinski definition) is 5. The normalized spacial score (nSPS) is 21.6. The van der Waals surface area contributed by atoms with Crippen LogP contribution in [0.2, 0.25) is 0 Å². The lowest BCUT2D eigenvalue weighted by atomic mass is 9.94. The molecule has 2 aliphatic rings. The van der Waals surface area contributed by atoms with E-state index < -0.39 is 0 Å². The molecule has 2 aromatic heterocycles. The lowest BCUT2D eigenvalue weighted by Crippen LogP contribution is -2.39. The molecule has 0 bridgehead atoms. The van der Waals surface area contributed by atoms with Crippen LogP contribution in [0.5, 0.6) is 0 Å². The molecule has 1 aromatic carbocycles. The number of aromatic amines is 1. The van der Waals surface area contributed by atoms with E-state index in [2.05, 4.69) is 14.9 Å². The molecule has 152 valence electrons. The molecule has 0 amide bonds. The summed E-state index contributed by atoms with van der Waals surface area (Å²) in [4.78, 5) is 22.5. The Morgan fingerprint density at radius 3 is 2.97 bits per heavy atom. The molecule has 2 aliphatic heterocycles. The Kier molecular flexibility index (Phi) is 5.16. The van der Waals surface area contributed by atoms with Crippen molar-refractivity contribution >= 4 is 10.8 Å². The molecule has 1 N–H and O–H groups in total. The van der Waals surface area contributed by atoms with Crippen LogP contribution in [0.4, 0.5) is 0 Å². The van der Waals surface area contributed by atoms with Crippen molar-refractivity contribution in [2.75, 3.05) is 32.8 Å². The van der Waals surface area contributed by atoms with Gasteiger partial charge in [0.05, 0.1) is 5.69 Å². The van der Waals surface area contributed by atoms with Crippen LogP contribution in [0, 0.1) is 5.92 Å². The molecule has 0 aliphatic carbocycles. The zero-order valence-electron chi connectivity index (χ0n) is 16.6. The molecule has 3 aromatic rings. The highest BCUT2D eigenvalue weighted by Gasteiger charge is 2.27. The Morgan fingerprint density at radius 2 is 2.07 bits per heavy atom. The van der Waals surface area contributed by atoms with Gasteiger partial charge >= 0.3 is 5.69 Å². The van der Waals surface area contributed by atoms with Gasteiger partial charge in [0.2, 0.25) is 0 Å². The number of aromatic nitrogens is 4. The number of nitrogens with zero attached hydrogens (tertiary/aromatic N) is 4. The first-order valence-corrected chi connectivity index (χ1v) is 10.6. The van der Waals surface area contributed by atoms with Gasteiger partial charge in [0, 0.05) is 55.4 Å². The smallest absolute Gasteiger partial charge is 0.348 e. The number of nitrogens with one attached hydrogen (secondary N) is 1. The lowest BCUT2D eigenvalue weighted by molar-refractivity contribution is 0.0480. The number of hydrogen-bond donors (Lipinski definition) is 1. The van der Waals surface area contributed by atoms with E-state index in [1.165, 1.54) is 4.68 Å². The van der Waals surface area contributed by atoms with Crippen LogP contribution in [0.25, 0.3) is 16.5 Å². The summed E-state index contributed by atoms with van der Waals surface area (Å²) >= 11 is 0. The van der Waals surface area contributed by atoms with Gasteiger partial charge in [0.25, 0.3) is 0 Å². The third kappa shape index (κ3) is 3.84. The number of rotatable bonds is 4. The van der Waals surface area contributed by atoms with Gasteiger partial charge in [-0.2, -0.15) is 4.68 Å². The molecule has 2 fully saturated rings. The van der Waals surface area contributed by atoms with Crippen molar-refractivity contribution in [1.29, 1.82) is 0 Å². The molecular formula is C22H27N5O2. The van der Waals surface area contributed by atoms with Crippen LogP contribution in [-0.2, 0) is 4.74 Å². The molecule has 0 radical (unpaired) electrons. The topological polar surface area (TPSA) is 76.0 Å². The van der Waals surface area contributed by atoms with Gasteiger partial charge in [0.1, 0.15) is 5.82 Å². The van der Waals surface area contributed by atoms with Gasteiger partial charge in [-0.15, -0.1) is 5.10 Å². The highest BCUT2D eigenvalue weighted by Crippen LogP contribution is 2.27. The van der Waals surface area contributed by atoms with E-state index in [0.29, 0.717) is 0 Å². The fourth-order valence-corrected chi connectivity index (χ4v) is 4.72. The maximum absolute atomic E-state index is 12.7. The number of pyridine rings is 1. The Labute approximate surface area is 169 Å². The van der Waals surface area contributed by atoms with E-state index in [1.54, 1.807) is 6.20 Å². The first-order chi connectivity index (χ1) is 14.3. The fourth-order valence-electron chi connectivity index (χ4n) is 4.72. The molecule has 7 heteroatoms. The average Bonchev–Trinajstić information content (AvgIpc) is 3.16. The Bertz CT molecular complexity index is 1030. The summed E-state index contributed by atoms with van der Waals surface area (Å²) in [6.07, 6.45) is 8.08. The quantitative estimate of drug-likeness (QED) is 0.738. The number of fused-ring (bicyclic) bond motifs is 1. The molecule has 0 spiro atoms. The van der Waals surface area contributed by atoms with E-state index >= 15 is 0 Å². The van der Waals surface area contributed by atoms with Crippen molar-refractivity contribution in [3.05, 3.63) is 53.0 Å².